The number of carbonyl (C=O) groups excluding carboxylic acids is 1. The fraction of sp³-hybridized carbons (Fsp3) is 0.500. The molecule has 0 fully saturated rings. The van der Waals surface area contributed by atoms with Crippen LogP contribution in [0.15, 0.2) is 10.2 Å². The molecule has 0 unspecified atom stereocenters. The Kier molecular flexibility index (Phi) is 5.37. The minimum atomic E-state index is -0.941. The van der Waals surface area contributed by atoms with Crippen molar-refractivity contribution in [1.82, 2.24) is 15.2 Å². The number of aromatic nitrogens is 1. The second-order valence-electron chi connectivity index (χ2n) is 3.56. The zero-order chi connectivity index (χ0) is 13.5. The third kappa shape index (κ3) is 4.58. The SMILES string of the molecule is CCN(CCC(=O)O)C(=O)NCc1csc(=O)[nH]1. The van der Waals surface area contributed by atoms with E-state index < -0.39 is 5.97 Å². The van der Waals surface area contributed by atoms with Crippen molar-refractivity contribution in [2.45, 2.75) is 19.9 Å². The van der Waals surface area contributed by atoms with Crippen molar-refractivity contribution in [2.75, 3.05) is 13.1 Å². The number of hydrogen-bond donors (Lipinski definition) is 3. The first-order valence-electron chi connectivity index (χ1n) is 5.44. The van der Waals surface area contributed by atoms with E-state index in [1.165, 1.54) is 4.90 Å². The summed E-state index contributed by atoms with van der Waals surface area (Å²) >= 11 is 1.03. The molecular weight excluding hydrogens is 258 g/mol. The molecular formula is C10H15N3O4S. The molecule has 18 heavy (non-hydrogen) atoms. The van der Waals surface area contributed by atoms with E-state index in [4.69, 9.17) is 5.11 Å². The molecule has 1 aromatic heterocycles. The molecule has 100 valence electrons. The number of urea groups is 1. The van der Waals surface area contributed by atoms with Gasteiger partial charge in [-0.05, 0) is 6.92 Å². The van der Waals surface area contributed by atoms with E-state index in [0.717, 1.165) is 11.3 Å². The highest BCUT2D eigenvalue weighted by atomic mass is 32.1. The number of nitrogens with one attached hydrogen (secondary N) is 2. The summed E-state index contributed by atoms with van der Waals surface area (Å²) in [5.74, 6) is -0.941. The van der Waals surface area contributed by atoms with Gasteiger partial charge in [-0.25, -0.2) is 4.79 Å². The lowest BCUT2D eigenvalue weighted by atomic mass is 10.4. The van der Waals surface area contributed by atoms with Crippen LogP contribution >= 0.6 is 11.3 Å². The monoisotopic (exact) mass is 273 g/mol. The maximum Gasteiger partial charge on any atom is 0.317 e. The molecule has 0 aromatic carbocycles. The Bertz CT molecular complexity index is 468. The van der Waals surface area contributed by atoms with E-state index in [-0.39, 0.29) is 30.4 Å². The molecule has 0 atom stereocenters. The summed E-state index contributed by atoms with van der Waals surface area (Å²) in [5.41, 5.74) is 0.632. The first kappa shape index (κ1) is 14.2. The molecule has 1 aromatic rings. The van der Waals surface area contributed by atoms with Crippen LogP contribution in [0.25, 0.3) is 0 Å². The van der Waals surface area contributed by atoms with E-state index in [0.29, 0.717) is 12.2 Å². The van der Waals surface area contributed by atoms with Gasteiger partial charge in [-0.2, -0.15) is 0 Å². The molecule has 0 radical (unpaired) electrons. The van der Waals surface area contributed by atoms with Crippen molar-refractivity contribution < 1.29 is 14.7 Å². The number of carbonyl (C=O) groups is 2. The number of thiazole rings is 1. The Morgan fingerprint density at radius 2 is 2.28 bits per heavy atom. The van der Waals surface area contributed by atoms with Gasteiger partial charge < -0.3 is 20.3 Å². The van der Waals surface area contributed by atoms with Crippen LogP contribution in [0.3, 0.4) is 0 Å². The molecule has 7 nitrogen and oxygen atoms in total. The Morgan fingerprint density at radius 1 is 1.56 bits per heavy atom. The van der Waals surface area contributed by atoms with Gasteiger partial charge in [0.25, 0.3) is 0 Å². The van der Waals surface area contributed by atoms with Gasteiger partial charge in [-0.3, -0.25) is 9.59 Å². The number of hydrogen-bond acceptors (Lipinski definition) is 4. The second-order valence-corrected chi connectivity index (χ2v) is 4.40. The fourth-order valence-corrected chi connectivity index (χ4v) is 1.90. The van der Waals surface area contributed by atoms with Crippen LogP contribution in [-0.2, 0) is 11.3 Å². The van der Waals surface area contributed by atoms with Crippen LogP contribution in [0.2, 0.25) is 0 Å². The van der Waals surface area contributed by atoms with Crippen molar-refractivity contribution in [1.29, 1.82) is 0 Å². The molecule has 0 bridgehead atoms. The maximum absolute atomic E-state index is 11.7. The normalized spacial score (nSPS) is 10.1. The van der Waals surface area contributed by atoms with Crippen molar-refractivity contribution in [3.05, 3.63) is 20.7 Å². The molecule has 0 saturated carbocycles. The zero-order valence-electron chi connectivity index (χ0n) is 9.93. The van der Waals surface area contributed by atoms with Crippen LogP contribution in [0.5, 0.6) is 0 Å². The summed E-state index contributed by atoms with van der Waals surface area (Å²) in [4.78, 5) is 36.8. The summed E-state index contributed by atoms with van der Waals surface area (Å²) in [6.07, 6.45) is -0.0868. The summed E-state index contributed by atoms with van der Waals surface area (Å²) in [5, 5.41) is 12.8. The van der Waals surface area contributed by atoms with E-state index in [2.05, 4.69) is 10.3 Å². The summed E-state index contributed by atoms with van der Waals surface area (Å²) in [6.45, 7) is 2.59. The molecule has 0 spiro atoms. The average Bonchev–Trinajstić information content (AvgIpc) is 2.73. The lowest BCUT2D eigenvalue weighted by Gasteiger charge is -2.20. The van der Waals surface area contributed by atoms with Crippen LogP contribution < -0.4 is 10.2 Å². The number of H-pyrrole nitrogens is 1. The van der Waals surface area contributed by atoms with E-state index in [9.17, 15) is 14.4 Å². The fourth-order valence-electron chi connectivity index (χ4n) is 1.32. The smallest absolute Gasteiger partial charge is 0.317 e. The highest BCUT2D eigenvalue weighted by Gasteiger charge is 2.12. The average molecular weight is 273 g/mol. The first-order chi connectivity index (χ1) is 8.52. The van der Waals surface area contributed by atoms with Gasteiger partial charge in [0.2, 0.25) is 0 Å². The Hall–Kier alpha value is -1.83. The lowest BCUT2D eigenvalue weighted by molar-refractivity contribution is -0.137. The minimum Gasteiger partial charge on any atom is -0.481 e. The molecule has 1 rings (SSSR count). The van der Waals surface area contributed by atoms with E-state index in [1.54, 1.807) is 12.3 Å². The van der Waals surface area contributed by atoms with Crippen LogP contribution in [0.1, 0.15) is 19.0 Å². The highest BCUT2D eigenvalue weighted by Crippen LogP contribution is 1.97. The van der Waals surface area contributed by atoms with Gasteiger partial charge >= 0.3 is 16.9 Å². The van der Waals surface area contributed by atoms with Crippen molar-refractivity contribution >= 4 is 23.3 Å². The standard InChI is InChI=1S/C10H15N3O4S/c1-2-13(4-3-8(14)15)9(16)11-5-7-6-18-10(17)12-7/h6H,2-5H2,1H3,(H,11,16)(H,12,17)(H,14,15). The molecule has 8 heteroatoms. The molecule has 0 aliphatic heterocycles. The third-order valence-corrected chi connectivity index (χ3v) is 2.98. The van der Waals surface area contributed by atoms with Crippen molar-refractivity contribution in [3.8, 4) is 0 Å². The molecule has 0 saturated heterocycles. The van der Waals surface area contributed by atoms with E-state index >= 15 is 0 Å². The van der Waals surface area contributed by atoms with Crippen LogP contribution in [0, 0.1) is 0 Å². The Labute approximate surface area is 107 Å². The zero-order valence-corrected chi connectivity index (χ0v) is 10.7. The number of aliphatic carboxylic acids is 1. The predicted octanol–water partition coefficient (Wildman–Crippen LogP) is 0.443. The van der Waals surface area contributed by atoms with E-state index in [1.807, 2.05) is 0 Å². The van der Waals surface area contributed by atoms with Crippen LogP contribution in [-0.4, -0.2) is 40.1 Å². The molecule has 0 aliphatic carbocycles. The summed E-state index contributed by atoms with van der Waals surface area (Å²) in [6, 6.07) is -0.342. The minimum absolute atomic E-state index is 0.0868. The third-order valence-electron chi connectivity index (χ3n) is 2.27. The molecule has 2 amide bonds. The number of aromatic amines is 1. The molecule has 1 heterocycles. The van der Waals surface area contributed by atoms with Crippen molar-refractivity contribution in [2.24, 2.45) is 0 Å². The second kappa shape index (κ2) is 6.80. The Balaban J connectivity index is 2.42. The molecule has 3 N–H and O–H groups in total. The van der Waals surface area contributed by atoms with Gasteiger partial charge in [-0.1, -0.05) is 11.3 Å². The summed E-state index contributed by atoms with van der Waals surface area (Å²) in [7, 11) is 0. The van der Waals surface area contributed by atoms with Gasteiger partial charge in [0.15, 0.2) is 0 Å². The maximum atomic E-state index is 11.7. The topological polar surface area (TPSA) is 102 Å². The molecule has 0 aliphatic rings. The van der Waals surface area contributed by atoms with Gasteiger partial charge in [0.05, 0.1) is 13.0 Å². The number of rotatable bonds is 6. The lowest BCUT2D eigenvalue weighted by Crippen LogP contribution is -2.40. The number of amides is 2. The summed E-state index contributed by atoms with van der Waals surface area (Å²) < 4.78 is 0. The van der Waals surface area contributed by atoms with Gasteiger partial charge in [0.1, 0.15) is 0 Å². The number of nitrogens with zero attached hydrogens (tertiary/aromatic N) is 1. The quantitative estimate of drug-likeness (QED) is 0.700. The first-order valence-corrected chi connectivity index (χ1v) is 6.32. The Morgan fingerprint density at radius 3 is 2.78 bits per heavy atom. The van der Waals surface area contributed by atoms with Crippen LogP contribution in [0.4, 0.5) is 4.79 Å². The highest BCUT2D eigenvalue weighted by molar-refractivity contribution is 7.07. The largest absolute Gasteiger partial charge is 0.481 e. The van der Waals surface area contributed by atoms with Gasteiger partial charge in [0, 0.05) is 24.2 Å². The van der Waals surface area contributed by atoms with Gasteiger partial charge in [-0.15, -0.1) is 0 Å². The predicted molar refractivity (Wildman–Crippen MR) is 66.7 cm³/mol. The number of carboxylic acid groups (broad SMARTS) is 1. The van der Waals surface area contributed by atoms with Crippen molar-refractivity contribution in [3.63, 3.8) is 0 Å². The number of carboxylic acids is 1.